The van der Waals surface area contributed by atoms with Crippen molar-refractivity contribution >= 4 is 11.8 Å². The summed E-state index contributed by atoms with van der Waals surface area (Å²) in [5.41, 5.74) is 2.36. The second-order valence-electron chi connectivity index (χ2n) is 10.9. The zero-order valence-electron chi connectivity index (χ0n) is 21.8. The molecule has 11 heteroatoms. The Bertz CT molecular complexity index is 1400. The number of imide groups is 1. The van der Waals surface area contributed by atoms with Gasteiger partial charge in [-0.05, 0) is 75.0 Å². The molecule has 39 heavy (non-hydrogen) atoms. The Balaban J connectivity index is 1.21. The van der Waals surface area contributed by atoms with E-state index in [-0.39, 0.29) is 24.2 Å². The van der Waals surface area contributed by atoms with Gasteiger partial charge in [0, 0.05) is 11.8 Å². The number of fused-ring (bicyclic) bond motifs is 1. The van der Waals surface area contributed by atoms with Gasteiger partial charge >= 0.3 is 6.43 Å². The molecule has 3 aliphatic heterocycles. The van der Waals surface area contributed by atoms with Crippen LogP contribution in [-0.4, -0.2) is 69.1 Å². The van der Waals surface area contributed by atoms with Crippen LogP contribution in [0.2, 0.25) is 0 Å². The molecule has 2 amide bonds. The van der Waals surface area contributed by atoms with Crippen molar-refractivity contribution < 1.29 is 27.5 Å². The van der Waals surface area contributed by atoms with Gasteiger partial charge in [-0.25, -0.2) is 0 Å². The smallest absolute Gasteiger partial charge is 0.314 e. The van der Waals surface area contributed by atoms with E-state index >= 15 is 0 Å². The molecule has 204 valence electrons. The van der Waals surface area contributed by atoms with E-state index in [1.807, 2.05) is 26.0 Å². The summed E-state index contributed by atoms with van der Waals surface area (Å²) in [5, 5.41) is 6.95. The molecule has 3 aromatic rings. The van der Waals surface area contributed by atoms with Crippen LogP contribution in [0.3, 0.4) is 0 Å². The Morgan fingerprint density at radius 2 is 1.85 bits per heavy atom. The highest BCUT2D eigenvalue weighted by atomic mass is 19.3. The molecule has 0 atom stereocenters. The Kier molecular flexibility index (Phi) is 6.50. The molecular weight excluding hydrogens is 508 g/mol. The first-order chi connectivity index (χ1) is 18.7. The first kappa shape index (κ1) is 25.7. The SMILES string of the molecule is CC1(C)C(=O)N(Cc2ccc(-c3nnc(C(F)F)o3)cn2)C(=O)c2cc(C3CCN(C4COC4)CC3)ccc21. The second-order valence-corrected chi connectivity index (χ2v) is 10.9. The highest BCUT2D eigenvalue weighted by Crippen LogP contribution is 2.38. The summed E-state index contributed by atoms with van der Waals surface area (Å²) < 4.78 is 35.8. The first-order valence-electron chi connectivity index (χ1n) is 13.1. The molecule has 1 aromatic carbocycles. The number of benzene rings is 1. The summed E-state index contributed by atoms with van der Waals surface area (Å²) in [6.07, 6.45) is 0.572. The molecule has 0 spiro atoms. The van der Waals surface area contributed by atoms with Crippen molar-refractivity contribution in [1.29, 1.82) is 0 Å². The van der Waals surface area contributed by atoms with Crippen molar-refractivity contribution in [3.8, 4) is 11.5 Å². The Morgan fingerprint density at radius 3 is 2.46 bits per heavy atom. The zero-order valence-corrected chi connectivity index (χ0v) is 21.8. The fourth-order valence-electron chi connectivity index (χ4n) is 5.65. The average Bonchev–Trinajstić information content (AvgIpc) is 3.41. The minimum Gasteiger partial charge on any atom is -0.415 e. The van der Waals surface area contributed by atoms with Crippen LogP contribution < -0.4 is 0 Å². The van der Waals surface area contributed by atoms with E-state index < -0.39 is 17.7 Å². The van der Waals surface area contributed by atoms with Crippen molar-refractivity contribution in [2.24, 2.45) is 0 Å². The van der Waals surface area contributed by atoms with Gasteiger partial charge in [0.15, 0.2) is 0 Å². The standard InChI is InChI=1S/C28H29F2N5O4/c1-28(2)22-6-4-17(16-7-9-34(10-8-16)20-14-38-15-20)11-21(22)26(36)35(27(28)37)13-19-5-3-18(12-31-19)24-32-33-25(39-24)23(29)30/h3-6,11-12,16,20,23H,7-10,13-15H2,1-2H3. The minimum absolute atomic E-state index is 0.0149. The molecule has 0 bridgehead atoms. The summed E-state index contributed by atoms with van der Waals surface area (Å²) in [5.74, 6) is -1.13. The number of hydrogen-bond acceptors (Lipinski definition) is 8. The number of hydrogen-bond donors (Lipinski definition) is 0. The Hall–Kier alpha value is -3.57. The largest absolute Gasteiger partial charge is 0.415 e. The van der Waals surface area contributed by atoms with E-state index in [1.165, 1.54) is 11.1 Å². The van der Waals surface area contributed by atoms with Crippen molar-refractivity contribution in [3.63, 3.8) is 0 Å². The van der Waals surface area contributed by atoms with Gasteiger partial charge in [0.1, 0.15) is 0 Å². The van der Waals surface area contributed by atoms with Crippen LogP contribution >= 0.6 is 0 Å². The molecule has 2 saturated heterocycles. The van der Waals surface area contributed by atoms with Gasteiger partial charge in [0.2, 0.25) is 11.8 Å². The number of aromatic nitrogens is 3. The molecule has 2 fully saturated rings. The number of halogens is 2. The number of piperidine rings is 1. The summed E-state index contributed by atoms with van der Waals surface area (Å²) in [6.45, 7) is 7.29. The molecule has 2 aromatic heterocycles. The number of amides is 2. The van der Waals surface area contributed by atoms with Crippen LogP contribution in [0, 0.1) is 0 Å². The number of alkyl halides is 2. The molecule has 3 aliphatic rings. The predicted molar refractivity (Wildman–Crippen MR) is 135 cm³/mol. The van der Waals surface area contributed by atoms with Crippen molar-refractivity contribution in [2.75, 3.05) is 26.3 Å². The van der Waals surface area contributed by atoms with Gasteiger partial charge in [-0.1, -0.05) is 12.1 Å². The monoisotopic (exact) mass is 537 g/mol. The molecule has 0 radical (unpaired) electrons. The number of likely N-dealkylation sites (tertiary alicyclic amines) is 1. The fourth-order valence-corrected chi connectivity index (χ4v) is 5.65. The normalized spacial score (nSPS) is 20.4. The number of rotatable bonds is 6. The zero-order chi connectivity index (χ0) is 27.3. The lowest BCUT2D eigenvalue weighted by Crippen LogP contribution is -2.52. The van der Waals surface area contributed by atoms with E-state index in [9.17, 15) is 18.4 Å². The number of pyridine rings is 1. The quantitative estimate of drug-likeness (QED) is 0.433. The molecule has 0 saturated carbocycles. The third kappa shape index (κ3) is 4.63. The third-order valence-electron chi connectivity index (χ3n) is 8.13. The van der Waals surface area contributed by atoms with Crippen LogP contribution in [0.1, 0.15) is 72.1 Å². The van der Waals surface area contributed by atoms with Crippen molar-refractivity contribution in [1.82, 2.24) is 25.0 Å². The average molecular weight is 538 g/mol. The van der Waals surface area contributed by atoms with Gasteiger partial charge in [-0.2, -0.15) is 8.78 Å². The maximum absolute atomic E-state index is 13.6. The lowest BCUT2D eigenvalue weighted by molar-refractivity contribution is -0.134. The third-order valence-corrected chi connectivity index (χ3v) is 8.13. The topological polar surface area (TPSA) is 102 Å². The van der Waals surface area contributed by atoms with Crippen LogP contribution in [0.4, 0.5) is 8.78 Å². The number of carbonyl (C=O) groups excluding carboxylic acids is 2. The minimum atomic E-state index is -2.86. The molecule has 0 N–H and O–H groups in total. The summed E-state index contributed by atoms with van der Waals surface area (Å²) in [6, 6.07) is 9.71. The van der Waals surface area contributed by atoms with Crippen LogP contribution in [0.25, 0.3) is 11.5 Å². The lowest BCUT2D eigenvalue weighted by Gasteiger charge is -2.42. The van der Waals surface area contributed by atoms with Crippen molar-refractivity contribution in [3.05, 3.63) is 64.8 Å². The van der Waals surface area contributed by atoms with Gasteiger partial charge in [0.25, 0.3) is 11.8 Å². The van der Waals surface area contributed by atoms with Gasteiger partial charge in [-0.3, -0.25) is 24.4 Å². The van der Waals surface area contributed by atoms with E-state index in [0.717, 1.165) is 50.3 Å². The molecule has 0 unspecified atom stereocenters. The van der Waals surface area contributed by atoms with Crippen LogP contribution in [-0.2, 0) is 21.5 Å². The second kappa shape index (κ2) is 9.87. The summed E-state index contributed by atoms with van der Waals surface area (Å²) >= 11 is 0. The van der Waals surface area contributed by atoms with Crippen LogP contribution in [0.15, 0.2) is 40.9 Å². The van der Waals surface area contributed by atoms with E-state index in [0.29, 0.717) is 28.8 Å². The number of carbonyl (C=O) groups is 2. The fraction of sp³-hybridized carbons (Fsp3) is 0.464. The van der Waals surface area contributed by atoms with Gasteiger partial charge in [0.05, 0.1) is 42.5 Å². The maximum Gasteiger partial charge on any atom is 0.314 e. The maximum atomic E-state index is 13.6. The van der Waals surface area contributed by atoms with Crippen molar-refractivity contribution in [2.45, 2.75) is 57.0 Å². The van der Waals surface area contributed by atoms with Gasteiger partial charge < -0.3 is 9.15 Å². The van der Waals surface area contributed by atoms with E-state index in [1.54, 1.807) is 12.1 Å². The Labute approximate surface area is 224 Å². The molecule has 6 rings (SSSR count). The first-order valence-corrected chi connectivity index (χ1v) is 13.1. The van der Waals surface area contributed by atoms with Gasteiger partial charge in [-0.15, -0.1) is 10.2 Å². The van der Waals surface area contributed by atoms with Crippen LogP contribution in [0.5, 0.6) is 0 Å². The molecule has 5 heterocycles. The lowest BCUT2D eigenvalue weighted by atomic mass is 9.75. The molecule has 9 nitrogen and oxygen atoms in total. The highest BCUT2D eigenvalue weighted by Gasteiger charge is 2.45. The Morgan fingerprint density at radius 1 is 1.08 bits per heavy atom. The number of nitrogens with zero attached hydrogens (tertiary/aromatic N) is 5. The number of ether oxygens (including phenoxy) is 1. The van der Waals surface area contributed by atoms with E-state index in [4.69, 9.17) is 9.15 Å². The highest BCUT2D eigenvalue weighted by molar-refractivity contribution is 6.12. The summed E-state index contributed by atoms with van der Waals surface area (Å²) in [7, 11) is 0. The molecule has 0 aliphatic carbocycles. The summed E-state index contributed by atoms with van der Waals surface area (Å²) in [4.78, 5) is 35.2. The molecular formula is C28H29F2N5O4. The van der Waals surface area contributed by atoms with E-state index in [2.05, 4.69) is 26.1 Å². The predicted octanol–water partition coefficient (Wildman–Crippen LogP) is 4.11.